The van der Waals surface area contributed by atoms with Gasteiger partial charge in [0.2, 0.25) is 0 Å². The number of amides is 1. The molecule has 0 saturated heterocycles. The van der Waals surface area contributed by atoms with E-state index < -0.39 is 23.7 Å². The molecule has 1 aliphatic heterocycles. The minimum atomic E-state index is -4.55. The first-order valence-corrected chi connectivity index (χ1v) is 11.3. The lowest BCUT2D eigenvalue weighted by Crippen LogP contribution is -2.42. The third-order valence-electron chi connectivity index (χ3n) is 6.17. The van der Waals surface area contributed by atoms with Crippen LogP contribution < -0.4 is 18.9 Å². The highest BCUT2D eigenvalue weighted by Crippen LogP contribution is 2.40. The van der Waals surface area contributed by atoms with E-state index in [1.54, 1.807) is 36.3 Å². The first-order valence-electron chi connectivity index (χ1n) is 11.3. The maximum Gasteiger partial charge on any atom is 0.416 e. The van der Waals surface area contributed by atoms with E-state index >= 15 is 0 Å². The molecule has 0 aliphatic carbocycles. The van der Waals surface area contributed by atoms with Gasteiger partial charge in [-0.1, -0.05) is 18.2 Å². The summed E-state index contributed by atoms with van der Waals surface area (Å²) in [6, 6.07) is 14.6. The van der Waals surface area contributed by atoms with Crippen molar-refractivity contribution in [1.82, 2.24) is 4.90 Å². The van der Waals surface area contributed by atoms with Gasteiger partial charge in [0, 0.05) is 12.1 Å². The van der Waals surface area contributed by atoms with Crippen LogP contribution in [-0.2, 0) is 12.6 Å². The van der Waals surface area contributed by atoms with Crippen LogP contribution in [-0.4, -0.2) is 45.3 Å². The van der Waals surface area contributed by atoms with E-state index in [4.69, 9.17) is 18.9 Å². The van der Waals surface area contributed by atoms with Gasteiger partial charge in [0.05, 0.1) is 32.9 Å². The zero-order valence-electron chi connectivity index (χ0n) is 20.1. The van der Waals surface area contributed by atoms with E-state index in [9.17, 15) is 18.0 Å². The Morgan fingerprint density at radius 3 is 2.22 bits per heavy atom. The molecule has 0 N–H and O–H groups in total. The van der Waals surface area contributed by atoms with Gasteiger partial charge in [-0.3, -0.25) is 4.79 Å². The zero-order chi connectivity index (χ0) is 25.9. The average Bonchev–Trinajstić information content (AvgIpc) is 2.90. The van der Waals surface area contributed by atoms with Crippen LogP contribution in [0.5, 0.6) is 23.0 Å². The second-order valence-electron chi connectivity index (χ2n) is 8.21. The summed E-state index contributed by atoms with van der Waals surface area (Å²) in [5, 5.41) is 0. The molecule has 3 aromatic carbocycles. The summed E-state index contributed by atoms with van der Waals surface area (Å²) in [6.07, 6.45) is -4.06. The van der Waals surface area contributed by atoms with Crippen LogP contribution in [0.15, 0.2) is 60.7 Å². The Morgan fingerprint density at radius 2 is 1.56 bits per heavy atom. The molecule has 3 aromatic rings. The molecule has 1 amide bonds. The van der Waals surface area contributed by atoms with Gasteiger partial charge < -0.3 is 23.8 Å². The number of alkyl halides is 3. The number of benzene rings is 3. The molecule has 0 aromatic heterocycles. The number of hydrogen-bond acceptors (Lipinski definition) is 5. The van der Waals surface area contributed by atoms with Gasteiger partial charge in [0.15, 0.2) is 23.0 Å². The topological polar surface area (TPSA) is 57.2 Å². The summed E-state index contributed by atoms with van der Waals surface area (Å²) in [5.41, 5.74) is 0.790. The highest BCUT2D eigenvalue weighted by Gasteiger charge is 2.35. The minimum absolute atomic E-state index is 0.0453. The van der Waals surface area contributed by atoms with Gasteiger partial charge in [-0.15, -0.1) is 0 Å². The Morgan fingerprint density at radius 1 is 0.889 bits per heavy atom. The van der Waals surface area contributed by atoms with Gasteiger partial charge in [-0.25, -0.2) is 0 Å². The number of halogens is 3. The monoisotopic (exact) mass is 501 g/mol. The third kappa shape index (κ3) is 5.05. The van der Waals surface area contributed by atoms with Crippen molar-refractivity contribution in [3.8, 4) is 23.0 Å². The van der Waals surface area contributed by atoms with Crippen molar-refractivity contribution >= 4 is 5.91 Å². The van der Waals surface area contributed by atoms with Crippen LogP contribution in [0, 0.1) is 0 Å². The Bertz CT molecular complexity index is 1240. The fourth-order valence-corrected chi connectivity index (χ4v) is 4.35. The predicted octanol–water partition coefficient (Wildman–Crippen LogP) is 5.55. The van der Waals surface area contributed by atoms with Gasteiger partial charge in [0.25, 0.3) is 5.91 Å². The van der Waals surface area contributed by atoms with Crippen LogP contribution in [0.25, 0.3) is 0 Å². The molecule has 0 bridgehead atoms. The Balaban J connectivity index is 1.73. The van der Waals surface area contributed by atoms with E-state index in [0.29, 0.717) is 29.4 Å². The fraction of sp³-hybridized carbons (Fsp3) is 0.296. The number of hydrogen-bond donors (Lipinski definition) is 0. The molecule has 1 aliphatic rings. The van der Waals surface area contributed by atoms with Gasteiger partial charge in [-0.05, 0) is 60.0 Å². The molecule has 0 spiro atoms. The average molecular weight is 502 g/mol. The molecule has 6 nitrogen and oxygen atoms in total. The standard InChI is InChI=1S/C27H26F3NO5/c1-33-22-9-4-5-10-23(22)36-16-21-20-15-25(35-3)24(34-2)14-17(20)11-12-31(21)26(32)18-7-6-8-19(13-18)27(28,29)30/h4-10,13-15,21H,11-12,16H2,1-3H3/t21-/m0/s1. The molecular formula is C27H26F3NO5. The van der Waals surface area contributed by atoms with Crippen molar-refractivity contribution < 1.29 is 36.9 Å². The number of carbonyl (C=O) groups excluding carboxylic acids is 1. The van der Waals surface area contributed by atoms with Crippen molar-refractivity contribution in [3.63, 3.8) is 0 Å². The van der Waals surface area contributed by atoms with Crippen molar-refractivity contribution in [2.75, 3.05) is 34.5 Å². The molecule has 4 rings (SSSR count). The minimum Gasteiger partial charge on any atom is -0.493 e. The lowest BCUT2D eigenvalue weighted by atomic mass is 9.91. The second-order valence-corrected chi connectivity index (χ2v) is 8.21. The van der Waals surface area contributed by atoms with Gasteiger partial charge in [0.1, 0.15) is 6.61 Å². The number of ether oxygens (including phenoxy) is 4. The normalized spacial score (nSPS) is 15.2. The molecule has 1 atom stereocenters. The first-order chi connectivity index (χ1) is 17.3. The summed E-state index contributed by atoms with van der Waals surface area (Å²) < 4.78 is 62.2. The number of methoxy groups -OCH3 is 3. The Kier molecular flexibility index (Phi) is 7.28. The summed E-state index contributed by atoms with van der Waals surface area (Å²) in [4.78, 5) is 15.1. The van der Waals surface area contributed by atoms with E-state index in [2.05, 4.69) is 0 Å². The van der Waals surface area contributed by atoms with Gasteiger partial charge >= 0.3 is 6.18 Å². The Hall–Kier alpha value is -3.88. The van der Waals surface area contributed by atoms with E-state index in [0.717, 1.165) is 23.3 Å². The van der Waals surface area contributed by atoms with Crippen molar-refractivity contribution in [1.29, 1.82) is 0 Å². The zero-order valence-corrected chi connectivity index (χ0v) is 20.1. The fourth-order valence-electron chi connectivity index (χ4n) is 4.35. The molecule has 1 heterocycles. The number of fused-ring (bicyclic) bond motifs is 1. The molecule has 9 heteroatoms. The predicted molar refractivity (Wildman–Crippen MR) is 127 cm³/mol. The number of rotatable bonds is 7. The van der Waals surface area contributed by atoms with Crippen molar-refractivity contribution in [2.45, 2.75) is 18.6 Å². The van der Waals surface area contributed by atoms with Crippen LogP contribution in [0.1, 0.15) is 33.1 Å². The highest BCUT2D eigenvalue weighted by atomic mass is 19.4. The van der Waals surface area contributed by atoms with Crippen LogP contribution in [0.2, 0.25) is 0 Å². The van der Waals surface area contributed by atoms with Crippen molar-refractivity contribution in [2.24, 2.45) is 0 Å². The first kappa shape index (κ1) is 25.2. The van der Waals surface area contributed by atoms with Gasteiger partial charge in [-0.2, -0.15) is 13.2 Å². The smallest absolute Gasteiger partial charge is 0.416 e. The third-order valence-corrected chi connectivity index (χ3v) is 6.17. The number of para-hydroxylation sites is 2. The van der Waals surface area contributed by atoms with Crippen LogP contribution >= 0.6 is 0 Å². The maximum atomic E-state index is 13.5. The summed E-state index contributed by atoms with van der Waals surface area (Å²) in [5.74, 6) is 1.52. The maximum absolute atomic E-state index is 13.5. The molecule has 0 radical (unpaired) electrons. The molecule has 0 saturated carbocycles. The molecule has 190 valence electrons. The van der Waals surface area contributed by atoms with Crippen LogP contribution in [0.4, 0.5) is 13.2 Å². The lowest BCUT2D eigenvalue weighted by molar-refractivity contribution is -0.137. The van der Waals surface area contributed by atoms with E-state index in [-0.39, 0.29) is 18.7 Å². The molecule has 0 fully saturated rings. The van der Waals surface area contributed by atoms with E-state index in [1.807, 2.05) is 12.1 Å². The summed E-state index contributed by atoms with van der Waals surface area (Å²) in [7, 11) is 4.58. The van der Waals surface area contributed by atoms with Crippen molar-refractivity contribution in [3.05, 3.63) is 82.9 Å². The molecule has 0 unspecified atom stereocenters. The summed E-state index contributed by atoms with van der Waals surface area (Å²) >= 11 is 0. The second kappa shape index (κ2) is 10.4. The Labute approximate surface area is 207 Å². The largest absolute Gasteiger partial charge is 0.493 e. The lowest BCUT2D eigenvalue weighted by Gasteiger charge is -2.38. The molecule has 36 heavy (non-hydrogen) atoms. The number of nitrogens with zero attached hydrogens (tertiary/aromatic N) is 1. The van der Waals surface area contributed by atoms with E-state index in [1.165, 1.54) is 26.4 Å². The SMILES string of the molecule is COc1cc2c(cc1OC)[C@H](COc1ccccc1OC)N(C(=O)c1cccc(C(F)(F)F)c1)CC2. The van der Waals surface area contributed by atoms with Crippen LogP contribution in [0.3, 0.4) is 0 Å². The summed E-state index contributed by atoms with van der Waals surface area (Å²) in [6.45, 7) is 0.338. The quantitative estimate of drug-likeness (QED) is 0.425. The molecular weight excluding hydrogens is 475 g/mol. The number of carbonyl (C=O) groups is 1. The highest BCUT2D eigenvalue weighted by molar-refractivity contribution is 5.95.